The topological polar surface area (TPSA) is 55.3 Å². The second kappa shape index (κ2) is 5.25. The Labute approximate surface area is 120 Å². The standard InChI is InChI=1S/C14H16BrN3O/c15-12-8-10(11-9-17-19-14(11)16)4-5-13(12)18-6-2-1-3-7-18/h4-5,8-9H,1-3,6-7,16H2. The number of anilines is 2. The molecule has 100 valence electrons. The lowest BCUT2D eigenvalue weighted by Crippen LogP contribution is -2.29. The van der Waals surface area contributed by atoms with Crippen LogP contribution >= 0.6 is 15.9 Å². The van der Waals surface area contributed by atoms with Crippen molar-refractivity contribution in [2.75, 3.05) is 23.7 Å². The van der Waals surface area contributed by atoms with E-state index in [0.29, 0.717) is 5.88 Å². The van der Waals surface area contributed by atoms with Crippen molar-refractivity contribution in [2.45, 2.75) is 19.3 Å². The summed E-state index contributed by atoms with van der Waals surface area (Å²) in [6, 6.07) is 6.28. The van der Waals surface area contributed by atoms with Crippen LogP contribution < -0.4 is 10.6 Å². The lowest BCUT2D eigenvalue weighted by molar-refractivity contribution is 0.436. The van der Waals surface area contributed by atoms with Crippen LogP contribution in [0.5, 0.6) is 0 Å². The van der Waals surface area contributed by atoms with Crippen molar-refractivity contribution in [2.24, 2.45) is 0 Å². The van der Waals surface area contributed by atoms with Gasteiger partial charge >= 0.3 is 0 Å². The van der Waals surface area contributed by atoms with E-state index >= 15 is 0 Å². The summed E-state index contributed by atoms with van der Waals surface area (Å²) in [6.45, 7) is 2.26. The summed E-state index contributed by atoms with van der Waals surface area (Å²) < 4.78 is 6.00. The summed E-state index contributed by atoms with van der Waals surface area (Å²) in [5.41, 5.74) is 8.86. The first-order valence-electron chi connectivity index (χ1n) is 6.51. The second-order valence-electron chi connectivity index (χ2n) is 4.82. The largest absolute Gasteiger partial charge is 0.371 e. The molecule has 0 spiro atoms. The van der Waals surface area contributed by atoms with E-state index in [4.69, 9.17) is 10.3 Å². The van der Waals surface area contributed by atoms with Crippen LogP contribution in [0, 0.1) is 0 Å². The summed E-state index contributed by atoms with van der Waals surface area (Å²) in [5.74, 6) is 0.359. The molecule has 0 unspecified atom stereocenters. The molecular formula is C14H16BrN3O. The molecule has 2 heterocycles. The lowest BCUT2D eigenvalue weighted by atomic mass is 10.1. The molecule has 3 rings (SSSR count). The maximum Gasteiger partial charge on any atom is 0.229 e. The number of nitrogen functional groups attached to an aromatic ring is 1. The Hall–Kier alpha value is -1.49. The molecule has 4 nitrogen and oxygen atoms in total. The Morgan fingerprint density at radius 2 is 2.00 bits per heavy atom. The first-order chi connectivity index (χ1) is 9.25. The third kappa shape index (κ3) is 2.47. The quantitative estimate of drug-likeness (QED) is 0.916. The highest BCUT2D eigenvalue weighted by Crippen LogP contribution is 2.34. The number of nitrogens with two attached hydrogens (primary N) is 1. The minimum absolute atomic E-state index is 0.359. The van der Waals surface area contributed by atoms with Crippen molar-refractivity contribution in [3.8, 4) is 11.1 Å². The van der Waals surface area contributed by atoms with Gasteiger partial charge in [0, 0.05) is 17.6 Å². The molecule has 0 bridgehead atoms. The zero-order valence-corrected chi connectivity index (χ0v) is 12.2. The van der Waals surface area contributed by atoms with Crippen LogP contribution in [0.25, 0.3) is 11.1 Å². The van der Waals surface area contributed by atoms with Gasteiger partial charge in [-0.25, -0.2) is 0 Å². The number of halogens is 1. The van der Waals surface area contributed by atoms with E-state index in [1.54, 1.807) is 6.20 Å². The summed E-state index contributed by atoms with van der Waals surface area (Å²) in [7, 11) is 0. The monoisotopic (exact) mass is 321 g/mol. The number of benzene rings is 1. The predicted molar refractivity (Wildman–Crippen MR) is 80.1 cm³/mol. The zero-order chi connectivity index (χ0) is 13.2. The van der Waals surface area contributed by atoms with E-state index in [1.807, 2.05) is 0 Å². The molecule has 1 saturated heterocycles. The van der Waals surface area contributed by atoms with E-state index in [1.165, 1.54) is 24.9 Å². The number of rotatable bonds is 2. The van der Waals surface area contributed by atoms with Crippen molar-refractivity contribution >= 4 is 27.5 Å². The Balaban J connectivity index is 1.91. The molecule has 0 aliphatic carbocycles. The van der Waals surface area contributed by atoms with Crippen LogP contribution in [-0.2, 0) is 0 Å². The van der Waals surface area contributed by atoms with Crippen molar-refractivity contribution < 1.29 is 4.52 Å². The van der Waals surface area contributed by atoms with Crippen molar-refractivity contribution in [1.29, 1.82) is 0 Å². The molecule has 0 atom stereocenters. The number of aromatic nitrogens is 1. The normalized spacial score (nSPS) is 15.7. The van der Waals surface area contributed by atoms with Crippen LogP contribution in [-0.4, -0.2) is 18.2 Å². The highest BCUT2D eigenvalue weighted by atomic mass is 79.9. The SMILES string of the molecule is Nc1oncc1-c1ccc(N2CCCCC2)c(Br)c1. The number of hydrogen-bond donors (Lipinski definition) is 1. The fraction of sp³-hybridized carbons (Fsp3) is 0.357. The summed E-state index contributed by atoms with van der Waals surface area (Å²) in [6.07, 6.45) is 5.53. The van der Waals surface area contributed by atoms with Gasteiger partial charge in [0.15, 0.2) is 0 Å². The third-order valence-corrected chi connectivity index (χ3v) is 4.19. The number of piperidine rings is 1. The van der Waals surface area contributed by atoms with Gasteiger partial charge < -0.3 is 15.2 Å². The molecule has 1 aliphatic heterocycles. The van der Waals surface area contributed by atoms with Gasteiger partial charge in [0.2, 0.25) is 5.88 Å². The smallest absolute Gasteiger partial charge is 0.229 e. The molecule has 1 fully saturated rings. The number of hydrogen-bond acceptors (Lipinski definition) is 4. The fourth-order valence-electron chi connectivity index (χ4n) is 2.53. The first kappa shape index (κ1) is 12.5. The first-order valence-corrected chi connectivity index (χ1v) is 7.30. The summed E-state index contributed by atoms with van der Waals surface area (Å²) in [5, 5.41) is 3.71. The zero-order valence-electron chi connectivity index (χ0n) is 10.6. The van der Waals surface area contributed by atoms with Crippen LogP contribution in [0.3, 0.4) is 0 Å². The molecule has 0 saturated carbocycles. The second-order valence-corrected chi connectivity index (χ2v) is 5.67. The third-order valence-electron chi connectivity index (χ3n) is 3.55. The van der Waals surface area contributed by atoms with Crippen LogP contribution in [0.15, 0.2) is 33.4 Å². The average Bonchev–Trinajstić information content (AvgIpc) is 2.86. The van der Waals surface area contributed by atoms with E-state index in [9.17, 15) is 0 Å². The van der Waals surface area contributed by atoms with Crippen LogP contribution in [0.1, 0.15) is 19.3 Å². The molecule has 19 heavy (non-hydrogen) atoms. The van der Waals surface area contributed by atoms with Gasteiger partial charge in [-0.15, -0.1) is 0 Å². The molecular weight excluding hydrogens is 306 g/mol. The Bertz CT molecular complexity index is 576. The molecule has 2 N–H and O–H groups in total. The van der Waals surface area contributed by atoms with Crippen LogP contribution in [0.4, 0.5) is 11.6 Å². The minimum Gasteiger partial charge on any atom is -0.371 e. The predicted octanol–water partition coefficient (Wildman–Crippen LogP) is 3.68. The molecule has 1 aromatic carbocycles. The van der Waals surface area contributed by atoms with Gasteiger partial charge in [-0.05, 0) is 52.9 Å². The van der Waals surface area contributed by atoms with Crippen molar-refractivity contribution in [3.05, 3.63) is 28.9 Å². The molecule has 1 aromatic heterocycles. The molecule has 2 aromatic rings. The average molecular weight is 322 g/mol. The van der Waals surface area contributed by atoms with Gasteiger partial charge in [0.25, 0.3) is 0 Å². The van der Waals surface area contributed by atoms with E-state index in [-0.39, 0.29) is 0 Å². The lowest BCUT2D eigenvalue weighted by Gasteiger charge is -2.29. The minimum atomic E-state index is 0.359. The van der Waals surface area contributed by atoms with E-state index < -0.39 is 0 Å². The van der Waals surface area contributed by atoms with E-state index in [0.717, 1.165) is 28.7 Å². The van der Waals surface area contributed by atoms with Gasteiger partial charge in [-0.1, -0.05) is 11.2 Å². The fourth-order valence-corrected chi connectivity index (χ4v) is 3.16. The van der Waals surface area contributed by atoms with Gasteiger partial charge in [0.1, 0.15) is 0 Å². The summed E-state index contributed by atoms with van der Waals surface area (Å²) in [4.78, 5) is 2.42. The highest BCUT2D eigenvalue weighted by Gasteiger charge is 2.15. The molecule has 1 aliphatic rings. The van der Waals surface area contributed by atoms with Crippen molar-refractivity contribution in [3.63, 3.8) is 0 Å². The molecule has 0 radical (unpaired) electrons. The van der Waals surface area contributed by atoms with Crippen LogP contribution in [0.2, 0.25) is 0 Å². The number of nitrogens with zero attached hydrogens (tertiary/aromatic N) is 2. The van der Waals surface area contributed by atoms with Gasteiger partial charge in [0.05, 0.1) is 17.4 Å². The molecule has 5 heteroatoms. The Morgan fingerprint density at radius 3 is 2.63 bits per heavy atom. The Morgan fingerprint density at radius 1 is 1.21 bits per heavy atom. The molecule has 0 amide bonds. The maximum absolute atomic E-state index is 5.75. The highest BCUT2D eigenvalue weighted by molar-refractivity contribution is 9.10. The Kier molecular flexibility index (Phi) is 3.46. The maximum atomic E-state index is 5.75. The van der Waals surface area contributed by atoms with Gasteiger partial charge in [-0.3, -0.25) is 0 Å². The van der Waals surface area contributed by atoms with E-state index in [2.05, 4.69) is 44.2 Å². The summed E-state index contributed by atoms with van der Waals surface area (Å²) >= 11 is 3.66. The van der Waals surface area contributed by atoms with Gasteiger partial charge in [-0.2, -0.15) is 0 Å². The van der Waals surface area contributed by atoms with Crippen molar-refractivity contribution in [1.82, 2.24) is 5.16 Å².